The van der Waals surface area contributed by atoms with Crippen LogP contribution in [0.1, 0.15) is 108 Å². The van der Waals surface area contributed by atoms with Gasteiger partial charge in [0.05, 0.1) is 22.5 Å². The summed E-state index contributed by atoms with van der Waals surface area (Å²) in [5, 5.41) is 6.57. The van der Waals surface area contributed by atoms with Gasteiger partial charge >= 0.3 is 0 Å². The summed E-state index contributed by atoms with van der Waals surface area (Å²) < 4.78 is 11.9. The van der Waals surface area contributed by atoms with E-state index in [1.54, 1.807) is 12.4 Å². The van der Waals surface area contributed by atoms with Crippen LogP contribution < -0.4 is 20.1 Å². The van der Waals surface area contributed by atoms with Gasteiger partial charge in [0.15, 0.2) is 0 Å². The lowest BCUT2D eigenvalue weighted by Gasteiger charge is -2.56. The Hall–Kier alpha value is -4.72. The minimum atomic E-state index is -0.0880. The van der Waals surface area contributed by atoms with Gasteiger partial charge in [0, 0.05) is 24.5 Å². The average Bonchev–Trinajstić information content (AvgIpc) is 3.16. The molecule has 5 saturated carbocycles. The second-order valence-corrected chi connectivity index (χ2v) is 15.6. The van der Waals surface area contributed by atoms with E-state index < -0.39 is 0 Å². The van der Waals surface area contributed by atoms with Crippen LogP contribution in [0.4, 0.5) is 0 Å². The number of nitrogens with zero attached hydrogens (tertiary/aromatic N) is 2. The van der Waals surface area contributed by atoms with Crippen LogP contribution >= 0.6 is 0 Å². The quantitative estimate of drug-likeness (QED) is 0.157. The molecule has 4 bridgehead atoms. The van der Waals surface area contributed by atoms with Gasteiger partial charge < -0.3 is 20.1 Å². The Morgan fingerprint density at radius 2 is 1.25 bits per heavy atom. The lowest BCUT2D eigenvalue weighted by atomic mass is 9.53. The van der Waals surface area contributed by atoms with Crippen LogP contribution in [0.2, 0.25) is 0 Å². The van der Waals surface area contributed by atoms with E-state index in [4.69, 9.17) is 9.47 Å². The maximum Gasteiger partial charge on any atom is 0.253 e. The molecule has 8 nitrogen and oxygen atoms in total. The third-order valence-electron chi connectivity index (χ3n) is 11.8. The second-order valence-electron chi connectivity index (χ2n) is 15.6. The zero-order valence-electron chi connectivity index (χ0n) is 29.3. The summed E-state index contributed by atoms with van der Waals surface area (Å²) in [5.41, 5.74) is 4.07. The van der Waals surface area contributed by atoms with E-state index in [0.717, 1.165) is 85.6 Å². The fourth-order valence-electron chi connectivity index (χ4n) is 9.59. The third-order valence-corrected chi connectivity index (χ3v) is 11.8. The van der Waals surface area contributed by atoms with Crippen LogP contribution in [0.3, 0.4) is 0 Å². The SMILES string of the molecule is O=C(NCC1CCC(c2cccc(OCc3ccc(C(=O)NC45CC6CC(CC(C6)C4)C5)cn3)c2)CC1)c1ccc(COc2ccccc2)nc1. The van der Waals surface area contributed by atoms with E-state index >= 15 is 0 Å². The van der Waals surface area contributed by atoms with E-state index in [1.165, 1.54) is 24.8 Å². The zero-order chi connectivity index (χ0) is 34.6. The van der Waals surface area contributed by atoms with Gasteiger partial charge in [-0.15, -0.1) is 0 Å². The van der Waals surface area contributed by atoms with E-state index in [1.807, 2.05) is 60.7 Å². The average molecular weight is 685 g/mol. The van der Waals surface area contributed by atoms with Gasteiger partial charge in [-0.25, -0.2) is 0 Å². The predicted octanol–water partition coefficient (Wildman–Crippen LogP) is 8.04. The molecule has 8 heteroatoms. The van der Waals surface area contributed by atoms with Gasteiger partial charge in [0.25, 0.3) is 11.8 Å². The number of benzene rings is 2. The Morgan fingerprint density at radius 3 is 1.86 bits per heavy atom. The molecular weight excluding hydrogens is 636 g/mol. The molecule has 2 heterocycles. The van der Waals surface area contributed by atoms with Crippen LogP contribution in [-0.4, -0.2) is 33.9 Å². The van der Waals surface area contributed by atoms with Crippen LogP contribution in [0.25, 0.3) is 0 Å². The minimum absolute atomic E-state index is 0.000854. The molecule has 2 N–H and O–H groups in total. The maximum atomic E-state index is 13.2. The number of hydrogen-bond donors (Lipinski definition) is 2. The summed E-state index contributed by atoms with van der Waals surface area (Å²) in [6.07, 6.45) is 15.1. The van der Waals surface area contributed by atoms with Crippen molar-refractivity contribution in [2.24, 2.45) is 23.7 Å². The maximum absolute atomic E-state index is 13.2. The van der Waals surface area contributed by atoms with Crippen molar-refractivity contribution in [1.29, 1.82) is 0 Å². The molecule has 9 rings (SSSR count). The molecule has 5 fully saturated rings. The number of aromatic nitrogens is 2. The van der Waals surface area contributed by atoms with Crippen molar-refractivity contribution in [2.75, 3.05) is 6.54 Å². The Balaban J connectivity index is 0.763. The van der Waals surface area contributed by atoms with Crippen molar-refractivity contribution in [3.8, 4) is 11.5 Å². The fraction of sp³-hybridized carbons (Fsp3) is 0.442. The first-order valence-electron chi connectivity index (χ1n) is 18.9. The highest BCUT2D eigenvalue weighted by molar-refractivity contribution is 5.94. The lowest BCUT2D eigenvalue weighted by molar-refractivity contribution is -0.0167. The molecule has 0 saturated heterocycles. The minimum Gasteiger partial charge on any atom is -0.487 e. The lowest BCUT2D eigenvalue weighted by Crippen LogP contribution is -2.59. The molecule has 2 aromatic carbocycles. The standard InChI is InChI=1S/C43H48N4O4/c48-41(35-13-15-37(44-25-35)27-50-39-6-2-1-3-7-39)46-24-29-9-11-33(12-10-29)34-5-4-8-40(20-34)51-28-38-16-14-36(26-45-38)42(49)47-43-21-30-17-31(22-43)19-32(18-30)23-43/h1-8,13-16,20,25-26,29-33H,9-12,17-19,21-24,27-28H2,(H,46,48)(H,47,49). The highest BCUT2D eigenvalue weighted by Crippen LogP contribution is 2.55. The third kappa shape index (κ3) is 8.11. The first-order chi connectivity index (χ1) is 24.9. The first kappa shape index (κ1) is 33.4. The summed E-state index contributed by atoms with van der Waals surface area (Å²) in [6, 6.07) is 25.5. The number of hydrogen-bond acceptors (Lipinski definition) is 6. The van der Waals surface area contributed by atoms with Crippen LogP contribution in [0, 0.1) is 23.7 Å². The van der Waals surface area contributed by atoms with Gasteiger partial charge in [-0.05, 0) is 148 Å². The number of ether oxygens (including phenoxy) is 2. The summed E-state index contributed by atoms with van der Waals surface area (Å²) in [6.45, 7) is 1.38. The molecule has 51 heavy (non-hydrogen) atoms. The Labute approximate surface area is 300 Å². The highest BCUT2D eigenvalue weighted by atomic mass is 16.5. The van der Waals surface area contributed by atoms with Crippen molar-refractivity contribution < 1.29 is 19.1 Å². The monoisotopic (exact) mass is 684 g/mol. The Kier molecular flexibility index (Phi) is 9.74. The number of pyridine rings is 2. The normalized spacial score (nSPS) is 26.3. The predicted molar refractivity (Wildman–Crippen MR) is 195 cm³/mol. The van der Waals surface area contributed by atoms with E-state index in [-0.39, 0.29) is 17.4 Å². The highest BCUT2D eigenvalue weighted by Gasteiger charge is 2.51. The number of nitrogens with one attached hydrogen (secondary N) is 2. The summed E-state index contributed by atoms with van der Waals surface area (Å²) in [5.74, 6) is 4.86. The van der Waals surface area contributed by atoms with E-state index in [9.17, 15) is 9.59 Å². The molecule has 0 aliphatic heterocycles. The molecule has 2 amide bonds. The largest absolute Gasteiger partial charge is 0.487 e. The molecule has 5 aliphatic rings. The Bertz CT molecular complexity index is 1770. The Morgan fingerprint density at radius 1 is 0.667 bits per heavy atom. The van der Waals surface area contributed by atoms with Crippen LogP contribution in [0.15, 0.2) is 91.3 Å². The molecule has 264 valence electrons. The van der Waals surface area contributed by atoms with Gasteiger partial charge in [-0.1, -0.05) is 30.3 Å². The van der Waals surface area contributed by atoms with E-state index in [2.05, 4.69) is 38.8 Å². The molecule has 2 aromatic heterocycles. The zero-order valence-corrected chi connectivity index (χ0v) is 29.3. The summed E-state index contributed by atoms with van der Waals surface area (Å²) in [4.78, 5) is 35.0. The van der Waals surface area contributed by atoms with Crippen molar-refractivity contribution in [3.05, 3.63) is 119 Å². The summed E-state index contributed by atoms with van der Waals surface area (Å²) >= 11 is 0. The van der Waals surface area contributed by atoms with Crippen molar-refractivity contribution in [1.82, 2.24) is 20.6 Å². The number of carbonyl (C=O) groups is 2. The smallest absolute Gasteiger partial charge is 0.253 e. The molecule has 0 spiro atoms. The van der Waals surface area contributed by atoms with E-state index in [0.29, 0.717) is 42.7 Å². The van der Waals surface area contributed by atoms with Crippen LogP contribution in [0.5, 0.6) is 11.5 Å². The molecule has 0 unspecified atom stereocenters. The van der Waals surface area contributed by atoms with Crippen LogP contribution in [-0.2, 0) is 13.2 Å². The number of para-hydroxylation sites is 1. The molecule has 0 atom stereocenters. The fourth-order valence-corrected chi connectivity index (χ4v) is 9.59. The van der Waals surface area contributed by atoms with Gasteiger partial charge in [-0.3, -0.25) is 19.6 Å². The second kappa shape index (κ2) is 14.9. The van der Waals surface area contributed by atoms with Crippen molar-refractivity contribution in [2.45, 2.75) is 88.9 Å². The summed E-state index contributed by atoms with van der Waals surface area (Å²) in [7, 11) is 0. The van der Waals surface area contributed by atoms with Crippen molar-refractivity contribution in [3.63, 3.8) is 0 Å². The van der Waals surface area contributed by atoms with Gasteiger partial charge in [0.1, 0.15) is 24.7 Å². The topological polar surface area (TPSA) is 102 Å². The number of carbonyl (C=O) groups excluding carboxylic acids is 2. The molecule has 0 radical (unpaired) electrons. The molecule has 5 aliphatic carbocycles. The van der Waals surface area contributed by atoms with Crippen molar-refractivity contribution >= 4 is 11.8 Å². The number of amides is 2. The van der Waals surface area contributed by atoms with Gasteiger partial charge in [-0.2, -0.15) is 0 Å². The first-order valence-corrected chi connectivity index (χ1v) is 18.9. The number of rotatable bonds is 12. The van der Waals surface area contributed by atoms with Gasteiger partial charge in [0.2, 0.25) is 0 Å². The molecular formula is C43H48N4O4. The molecule has 4 aromatic rings.